The third-order valence-corrected chi connectivity index (χ3v) is 16.6. The Morgan fingerprint density at radius 3 is 2.21 bits per heavy atom. The van der Waals surface area contributed by atoms with Crippen LogP contribution in [0.1, 0.15) is 153 Å². The van der Waals surface area contributed by atoms with Gasteiger partial charge in [0.1, 0.15) is 11.7 Å². The molecule has 1 aromatic heterocycles. The number of ether oxygens (including phenoxy) is 2. The molecule has 8 nitrogen and oxygen atoms in total. The second-order valence-corrected chi connectivity index (χ2v) is 22.5. The van der Waals surface area contributed by atoms with E-state index in [1.54, 1.807) is 13.8 Å². The molecule has 0 aliphatic heterocycles. The molecule has 2 aromatic rings. The lowest BCUT2D eigenvalue weighted by Crippen LogP contribution is -2.65. The number of rotatable bonds is 8. The number of carbonyl (C=O) groups excluding carboxylic acids is 3. The van der Waals surface area contributed by atoms with E-state index in [-0.39, 0.29) is 57.5 Å². The van der Waals surface area contributed by atoms with Crippen LogP contribution in [0.25, 0.3) is 11.5 Å². The SMILES string of the molecule is CC(C)C1=C2[C@H]3CC[C@@H]4[C@@]5(C)CC[C@H](OC(=O)CC(C)(C)C(=O)OC(C)(C)C)C(C)(C)[C@@H]5CC[C@@]4(C)[C@]3(C)CC[C@@]2(Cc2nnc(-c3ccc(Cl)cc3)o2)CC1=O. The molecular weight excluding hydrogens is 736 g/mol. The van der Waals surface area contributed by atoms with Crippen LogP contribution in [-0.2, 0) is 30.3 Å². The maximum atomic E-state index is 14.2. The second-order valence-electron chi connectivity index (χ2n) is 22.1. The summed E-state index contributed by atoms with van der Waals surface area (Å²) in [5.41, 5.74) is 1.35. The van der Waals surface area contributed by atoms with Crippen molar-refractivity contribution in [1.82, 2.24) is 10.2 Å². The molecule has 4 saturated carbocycles. The topological polar surface area (TPSA) is 109 Å². The minimum absolute atomic E-state index is 0.00884. The molecular formula is C48H67ClN2O6. The number of Topliss-reactive ketones (excluding diaryl/α,β-unsaturated/α-hetero) is 1. The molecule has 1 aromatic carbocycles. The van der Waals surface area contributed by atoms with Crippen LogP contribution in [-0.4, -0.2) is 39.6 Å². The molecule has 57 heavy (non-hydrogen) atoms. The van der Waals surface area contributed by atoms with E-state index in [2.05, 4.69) is 58.7 Å². The smallest absolute Gasteiger partial charge is 0.312 e. The van der Waals surface area contributed by atoms with Crippen LogP contribution in [0.2, 0.25) is 5.02 Å². The van der Waals surface area contributed by atoms with Gasteiger partial charge in [-0.3, -0.25) is 14.4 Å². The van der Waals surface area contributed by atoms with Crippen LogP contribution in [0.4, 0.5) is 0 Å². The van der Waals surface area contributed by atoms with Crippen molar-refractivity contribution < 1.29 is 28.3 Å². The normalized spacial score (nSPS) is 34.9. The predicted octanol–water partition coefficient (Wildman–Crippen LogP) is 11.6. The summed E-state index contributed by atoms with van der Waals surface area (Å²) in [5, 5.41) is 9.64. The molecule has 5 aliphatic rings. The summed E-state index contributed by atoms with van der Waals surface area (Å²) >= 11 is 6.15. The highest BCUT2D eigenvalue weighted by atomic mass is 35.5. The van der Waals surface area contributed by atoms with Gasteiger partial charge in [0.15, 0.2) is 5.78 Å². The van der Waals surface area contributed by atoms with E-state index in [4.69, 9.17) is 25.5 Å². The summed E-state index contributed by atoms with van der Waals surface area (Å²) in [7, 11) is 0. The van der Waals surface area contributed by atoms with E-state index in [0.29, 0.717) is 53.2 Å². The zero-order valence-electron chi connectivity index (χ0n) is 36.7. The van der Waals surface area contributed by atoms with Gasteiger partial charge in [-0.05, 0) is 156 Å². The van der Waals surface area contributed by atoms with E-state index >= 15 is 0 Å². The Morgan fingerprint density at radius 2 is 1.56 bits per heavy atom. The third-order valence-electron chi connectivity index (χ3n) is 16.4. The van der Waals surface area contributed by atoms with Crippen LogP contribution in [0.15, 0.2) is 39.8 Å². The Kier molecular flexibility index (Phi) is 10.4. The number of allylic oxidation sites excluding steroid dienone is 2. The second kappa shape index (κ2) is 14.0. The fourth-order valence-corrected chi connectivity index (χ4v) is 13.6. The number of halogens is 1. The van der Waals surface area contributed by atoms with Crippen molar-refractivity contribution in [3.05, 3.63) is 46.3 Å². The molecule has 4 fully saturated rings. The first-order valence-electron chi connectivity index (χ1n) is 21.7. The van der Waals surface area contributed by atoms with Crippen LogP contribution >= 0.6 is 11.6 Å². The lowest BCUT2D eigenvalue weighted by Gasteiger charge is -2.72. The van der Waals surface area contributed by atoms with Gasteiger partial charge in [-0.15, -0.1) is 10.2 Å². The molecule has 8 atom stereocenters. The van der Waals surface area contributed by atoms with Crippen LogP contribution in [0.3, 0.4) is 0 Å². The molecule has 5 aliphatic carbocycles. The fraction of sp³-hybridized carbons (Fsp3) is 0.729. The molecule has 0 saturated heterocycles. The lowest BCUT2D eigenvalue weighted by molar-refractivity contribution is -0.233. The summed E-state index contributed by atoms with van der Waals surface area (Å²) in [6.07, 6.45) is 9.06. The molecule has 7 rings (SSSR count). The van der Waals surface area contributed by atoms with Crippen LogP contribution in [0.5, 0.6) is 0 Å². The number of aromatic nitrogens is 2. The van der Waals surface area contributed by atoms with Crippen molar-refractivity contribution in [2.45, 2.75) is 165 Å². The highest BCUT2D eigenvalue weighted by molar-refractivity contribution is 6.30. The van der Waals surface area contributed by atoms with Crippen LogP contribution in [0, 0.1) is 56.2 Å². The van der Waals surface area contributed by atoms with E-state index < -0.39 is 11.0 Å². The number of hydrogen-bond acceptors (Lipinski definition) is 8. The highest BCUT2D eigenvalue weighted by Gasteiger charge is 2.70. The van der Waals surface area contributed by atoms with Crippen molar-refractivity contribution in [3.8, 4) is 11.5 Å². The molecule has 0 bridgehead atoms. The maximum Gasteiger partial charge on any atom is 0.312 e. The molecule has 9 heteroatoms. The Hall–Kier alpha value is -3.00. The Bertz CT molecular complexity index is 1950. The van der Waals surface area contributed by atoms with E-state index in [1.165, 1.54) is 5.57 Å². The lowest BCUT2D eigenvalue weighted by atomic mass is 9.33. The zero-order valence-corrected chi connectivity index (χ0v) is 37.5. The van der Waals surface area contributed by atoms with Gasteiger partial charge in [0.2, 0.25) is 11.8 Å². The minimum Gasteiger partial charge on any atom is -0.462 e. The largest absolute Gasteiger partial charge is 0.462 e. The van der Waals surface area contributed by atoms with Gasteiger partial charge < -0.3 is 13.9 Å². The minimum atomic E-state index is -0.976. The van der Waals surface area contributed by atoms with Gasteiger partial charge >= 0.3 is 11.9 Å². The van der Waals surface area contributed by atoms with Gasteiger partial charge in [-0.2, -0.15) is 0 Å². The molecule has 0 unspecified atom stereocenters. The predicted molar refractivity (Wildman–Crippen MR) is 222 cm³/mol. The molecule has 312 valence electrons. The van der Waals surface area contributed by atoms with E-state index in [0.717, 1.165) is 62.5 Å². The molecule has 0 spiro atoms. The fourth-order valence-electron chi connectivity index (χ4n) is 13.5. The van der Waals surface area contributed by atoms with Gasteiger partial charge in [0.25, 0.3) is 0 Å². The monoisotopic (exact) mass is 802 g/mol. The summed E-state index contributed by atoms with van der Waals surface area (Å²) in [4.78, 5) is 40.7. The number of ketones is 1. The number of esters is 2. The molecule has 1 heterocycles. The van der Waals surface area contributed by atoms with Crippen molar-refractivity contribution >= 4 is 29.3 Å². The van der Waals surface area contributed by atoms with Crippen molar-refractivity contribution in [2.24, 2.45) is 56.2 Å². The summed E-state index contributed by atoms with van der Waals surface area (Å²) in [5.74, 6) is 2.04. The maximum absolute atomic E-state index is 14.2. The number of fused-ring (bicyclic) bond motifs is 7. The Labute approximate surface area is 346 Å². The van der Waals surface area contributed by atoms with Crippen molar-refractivity contribution in [3.63, 3.8) is 0 Å². The molecule has 0 N–H and O–H groups in total. The van der Waals surface area contributed by atoms with E-state index in [9.17, 15) is 14.4 Å². The van der Waals surface area contributed by atoms with Gasteiger partial charge in [-0.1, -0.05) is 65.6 Å². The molecule has 0 radical (unpaired) electrons. The number of nitrogens with zero attached hydrogens (tertiary/aromatic N) is 2. The zero-order chi connectivity index (χ0) is 41.7. The Morgan fingerprint density at radius 1 is 0.877 bits per heavy atom. The van der Waals surface area contributed by atoms with E-state index in [1.807, 2.05) is 45.0 Å². The quantitative estimate of drug-likeness (QED) is 0.243. The first-order chi connectivity index (χ1) is 26.4. The summed E-state index contributed by atoms with van der Waals surface area (Å²) in [6.45, 7) is 25.8. The Balaban J connectivity index is 1.13. The third kappa shape index (κ3) is 6.93. The number of benzene rings is 1. The number of carbonyl (C=O) groups is 3. The van der Waals surface area contributed by atoms with Crippen LogP contribution < -0.4 is 0 Å². The van der Waals surface area contributed by atoms with Gasteiger partial charge in [0.05, 0.1) is 11.8 Å². The average Bonchev–Trinajstić information content (AvgIpc) is 3.67. The van der Waals surface area contributed by atoms with Gasteiger partial charge in [0, 0.05) is 34.3 Å². The molecule has 0 amide bonds. The first kappa shape index (κ1) is 42.1. The average molecular weight is 804 g/mol. The number of hydrogen-bond donors (Lipinski definition) is 0. The summed E-state index contributed by atoms with van der Waals surface area (Å²) in [6, 6.07) is 7.46. The summed E-state index contributed by atoms with van der Waals surface area (Å²) < 4.78 is 18.3. The van der Waals surface area contributed by atoms with Crippen molar-refractivity contribution in [1.29, 1.82) is 0 Å². The van der Waals surface area contributed by atoms with Gasteiger partial charge in [-0.25, -0.2) is 0 Å². The standard InChI is InChI=1S/C48H67ClN2O6/c1-28(2)38-32(52)25-48(26-36-50-51-40(56-36)29-13-15-30(49)16-14-29)24-23-46(11)31(39(38)48)17-18-34-45(10)21-20-35(44(8,9)33(45)19-22-47(34,46)12)55-37(53)27-43(6,7)41(54)57-42(3,4)5/h13-16,28,31,33-35H,17-27H2,1-12H3/t31-,33+,34-,35+,45+,46-,47-,48+/m1/s1. The van der Waals surface area contributed by atoms with Crippen molar-refractivity contribution in [2.75, 3.05) is 0 Å². The first-order valence-corrected chi connectivity index (χ1v) is 22.0. The highest BCUT2D eigenvalue weighted by Crippen LogP contribution is 2.77.